The summed E-state index contributed by atoms with van der Waals surface area (Å²) in [5.74, 6) is -1.17. The van der Waals surface area contributed by atoms with E-state index in [0.717, 1.165) is 22.1 Å². The first-order chi connectivity index (χ1) is 11.8. The summed E-state index contributed by atoms with van der Waals surface area (Å²) < 4.78 is 27.6. The number of rotatable bonds is 4. The van der Waals surface area contributed by atoms with Gasteiger partial charge in [-0.1, -0.05) is 17.3 Å². The van der Waals surface area contributed by atoms with Crippen molar-refractivity contribution in [2.24, 2.45) is 11.5 Å². The molecule has 0 radical (unpaired) electrons. The maximum Gasteiger partial charge on any atom is 0.317 e. The Morgan fingerprint density at radius 3 is 2.52 bits per heavy atom. The number of urea groups is 1. The van der Waals surface area contributed by atoms with Crippen LogP contribution in [0.3, 0.4) is 0 Å². The number of benzene rings is 1. The molecule has 0 unspecified atom stereocenters. The molecule has 1 aromatic carbocycles. The number of halogens is 2. The molecule has 1 aliphatic carbocycles. The predicted octanol–water partition coefficient (Wildman–Crippen LogP) is 3.05. The lowest BCUT2D eigenvalue weighted by molar-refractivity contribution is -0.0980. The number of hydrogen-bond acceptors (Lipinski definition) is 4. The number of fused-ring (bicyclic) bond motifs is 1. The number of primary amides is 1. The minimum Gasteiger partial charge on any atom is -0.351 e. The number of amides is 2. The third-order valence-electron chi connectivity index (χ3n) is 3.68. The van der Waals surface area contributed by atoms with Crippen LogP contribution in [0, 0.1) is 11.6 Å². The Labute approximate surface area is 149 Å². The summed E-state index contributed by atoms with van der Waals surface area (Å²) in [7, 11) is 0. The summed E-state index contributed by atoms with van der Waals surface area (Å²) in [6.07, 6.45) is 1.19. The van der Waals surface area contributed by atoms with Gasteiger partial charge >= 0.3 is 6.03 Å². The van der Waals surface area contributed by atoms with Gasteiger partial charge in [-0.05, 0) is 49.5 Å². The third-order valence-corrected chi connectivity index (χ3v) is 5.10. The Kier molecular flexibility index (Phi) is 7.79. The summed E-state index contributed by atoms with van der Waals surface area (Å²) in [5, 5.41) is 3.03. The molecule has 1 aliphatic rings. The highest BCUT2D eigenvalue weighted by Gasteiger charge is 2.23. The van der Waals surface area contributed by atoms with Crippen molar-refractivity contribution in [2.75, 3.05) is 6.54 Å². The second-order valence-electron chi connectivity index (χ2n) is 5.43. The first-order valence-corrected chi connectivity index (χ1v) is 8.26. The van der Waals surface area contributed by atoms with Gasteiger partial charge in [-0.25, -0.2) is 13.6 Å². The summed E-state index contributed by atoms with van der Waals surface area (Å²) in [6.45, 7) is 5.91. The van der Waals surface area contributed by atoms with E-state index in [0.29, 0.717) is 29.0 Å². The van der Waals surface area contributed by atoms with Gasteiger partial charge in [-0.2, -0.15) is 0 Å². The Morgan fingerprint density at radius 2 is 1.96 bits per heavy atom. The van der Waals surface area contributed by atoms with Crippen molar-refractivity contribution in [1.29, 1.82) is 0 Å². The highest BCUT2D eigenvalue weighted by molar-refractivity contribution is 8.11. The molecule has 1 aromatic rings. The fourth-order valence-electron chi connectivity index (χ4n) is 2.38. The number of carbonyl (C=O) groups is 2. The molecule has 5 N–H and O–H groups in total. The lowest BCUT2D eigenvalue weighted by Crippen LogP contribution is -2.29. The van der Waals surface area contributed by atoms with Crippen LogP contribution in [-0.4, -0.2) is 19.4 Å². The van der Waals surface area contributed by atoms with Crippen molar-refractivity contribution in [3.63, 3.8) is 0 Å². The number of allylic oxidation sites excluding steroid dienone is 1. The van der Waals surface area contributed by atoms with E-state index in [1.54, 1.807) is 6.92 Å². The molecule has 8 heteroatoms. The lowest BCUT2D eigenvalue weighted by atomic mass is 9.92. The summed E-state index contributed by atoms with van der Waals surface area (Å²) in [5.41, 5.74) is 13.6. The monoisotopic (exact) mass is 369 g/mol. The maximum atomic E-state index is 14.0. The number of carbonyl (C=O) groups excluding carboxylic acids is 2. The molecule has 2 rings (SSSR count). The molecule has 0 fully saturated rings. The van der Waals surface area contributed by atoms with Crippen molar-refractivity contribution in [3.05, 3.63) is 51.1 Å². The third kappa shape index (κ3) is 5.14. The summed E-state index contributed by atoms with van der Waals surface area (Å²) in [4.78, 5) is 19.9. The molecule has 0 saturated carbocycles. The van der Waals surface area contributed by atoms with E-state index < -0.39 is 17.7 Å². The fraction of sp³-hybridized carbons (Fsp3) is 0.294. The Hall–Kier alpha value is -2.19. The average Bonchev–Trinajstić information content (AvgIpc) is 2.57. The minimum atomic E-state index is -0.708. The second kappa shape index (κ2) is 9.33. The molecule has 0 atom stereocenters. The largest absolute Gasteiger partial charge is 0.351 e. The zero-order chi connectivity index (χ0) is 19.1. The van der Waals surface area contributed by atoms with Crippen LogP contribution < -0.4 is 16.8 Å². The van der Waals surface area contributed by atoms with Crippen LogP contribution in [0.4, 0.5) is 13.6 Å². The minimum absolute atomic E-state index is 0.235. The van der Waals surface area contributed by atoms with Crippen molar-refractivity contribution >= 4 is 29.5 Å². The van der Waals surface area contributed by atoms with Crippen molar-refractivity contribution < 1.29 is 18.4 Å². The SMILES string of the molecule is C=O.CC1=C(S/C(NC(N)=O)=C(\C)CN)c2cc(F)cc(F)c2CC1. The number of nitrogens with two attached hydrogens (primary N) is 2. The van der Waals surface area contributed by atoms with Gasteiger partial charge in [0.05, 0.1) is 5.03 Å². The molecule has 136 valence electrons. The first kappa shape index (κ1) is 20.9. The number of hydrogen-bond donors (Lipinski definition) is 3. The molecular weight excluding hydrogens is 348 g/mol. The van der Waals surface area contributed by atoms with Crippen LogP contribution in [0.5, 0.6) is 0 Å². The molecule has 0 saturated heterocycles. The van der Waals surface area contributed by atoms with Gasteiger partial charge in [0.2, 0.25) is 0 Å². The molecule has 2 amide bonds. The quantitative estimate of drug-likeness (QED) is 0.760. The molecule has 0 aromatic heterocycles. The van der Waals surface area contributed by atoms with Crippen molar-refractivity contribution in [3.8, 4) is 0 Å². The van der Waals surface area contributed by atoms with Gasteiger partial charge in [-0.3, -0.25) is 0 Å². The molecule has 0 bridgehead atoms. The summed E-state index contributed by atoms with van der Waals surface area (Å²) >= 11 is 1.23. The molecule has 0 aliphatic heterocycles. The molecule has 5 nitrogen and oxygen atoms in total. The van der Waals surface area contributed by atoms with Crippen LogP contribution >= 0.6 is 11.8 Å². The van der Waals surface area contributed by atoms with Crippen LogP contribution in [0.2, 0.25) is 0 Å². The molecule has 25 heavy (non-hydrogen) atoms. The van der Waals surface area contributed by atoms with E-state index in [4.69, 9.17) is 16.3 Å². The van der Waals surface area contributed by atoms with E-state index >= 15 is 0 Å². The molecular formula is C17H21F2N3O2S. The van der Waals surface area contributed by atoms with E-state index in [1.165, 1.54) is 17.8 Å². The highest BCUT2D eigenvalue weighted by atomic mass is 32.2. The number of thioether (sulfide) groups is 1. The fourth-order valence-corrected chi connectivity index (χ4v) is 3.57. The maximum absolute atomic E-state index is 14.0. The second-order valence-corrected chi connectivity index (χ2v) is 6.45. The van der Waals surface area contributed by atoms with Crippen LogP contribution in [0.1, 0.15) is 31.4 Å². The summed E-state index contributed by atoms with van der Waals surface area (Å²) in [6, 6.07) is 1.51. The van der Waals surface area contributed by atoms with Gasteiger partial charge in [0, 0.05) is 17.5 Å². The standard InChI is InChI=1S/C16H19F2N3OS.CH2O/c1-8-3-4-11-12(5-10(17)6-13(11)18)14(8)23-15(9(2)7-19)21-16(20)22;1-2/h5-6H,3-4,7,19H2,1-2H3,(H3,20,21,22);1H2/b15-9+;. The van der Waals surface area contributed by atoms with Crippen LogP contribution in [0.25, 0.3) is 4.91 Å². The van der Waals surface area contributed by atoms with E-state index in [9.17, 15) is 13.6 Å². The smallest absolute Gasteiger partial charge is 0.317 e. The molecule has 0 spiro atoms. The topological polar surface area (TPSA) is 98.2 Å². The highest BCUT2D eigenvalue weighted by Crippen LogP contribution is 2.43. The first-order valence-electron chi connectivity index (χ1n) is 7.44. The van der Waals surface area contributed by atoms with E-state index in [1.807, 2.05) is 13.7 Å². The zero-order valence-electron chi connectivity index (χ0n) is 14.1. The van der Waals surface area contributed by atoms with Crippen molar-refractivity contribution in [1.82, 2.24) is 5.32 Å². The predicted molar refractivity (Wildman–Crippen MR) is 96.5 cm³/mol. The van der Waals surface area contributed by atoms with Crippen molar-refractivity contribution in [2.45, 2.75) is 26.7 Å². The van der Waals surface area contributed by atoms with Crippen LogP contribution in [0.15, 0.2) is 28.3 Å². The van der Waals surface area contributed by atoms with Gasteiger partial charge in [0.25, 0.3) is 0 Å². The zero-order valence-corrected chi connectivity index (χ0v) is 14.9. The average molecular weight is 369 g/mol. The van der Waals surface area contributed by atoms with Gasteiger partial charge in [-0.15, -0.1) is 0 Å². The Morgan fingerprint density at radius 1 is 1.32 bits per heavy atom. The van der Waals surface area contributed by atoms with Gasteiger partial charge in [0.15, 0.2) is 0 Å². The van der Waals surface area contributed by atoms with Gasteiger partial charge < -0.3 is 21.6 Å². The normalized spacial score (nSPS) is 14.1. The van der Waals surface area contributed by atoms with E-state index in [2.05, 4.69) is 5.32 Å². The van der Waals surface area contributed by atoms with E-state index in [-0.39, 0.29) is 6.54 Å². The molecule has 0 heterocycles. The lowest BCUT2D eigenvalue weighted by Gasteiger charge is -2.23. The van der Waals surface area contributed by atoms with Gasteiger partial charge in [0.1, 0.15) is 18.4 Å². The Bertz CT molecular complexity index is 733. The Balaban J connectivity index is 0.00000151. The number of nitrogens with one attached hydrogen (secondary N) is 1. The van der Waals surface area contributed by atoms with Crippen LogP contribution in [-0.2, 0) is 11.2 Å².